The third kappa shape index (κ3) is 10.7. The van der Waals surface area contributed by atoms with Crippen molar-refractivity contribution < 1.29 is 162 Å². The highest BCUT2D eigenvalue weighted by atomic mass is 19.4. The second-order valence-corrected chi connectivity index (χ2v) is 20.4. The Bertz CT molecular complexity index is 4420. The Kier molecular flexibility index (Phi) is 18.1. The largest absolute Gasteiger partial charge is 0.460 e. The van der Waals surface area contributed by atoms with E-state index in [0.29, 0.717) is 60.7 Å². The number of nitrogens with two attached hydrogens (primary N) is 1. The van der Waals surface area contributed by atoms with E-state index in [2.05, 4.69) is 19.9 Å². The zero-order chi connectivity index (χ0) is 75.3. The molecule has 0 amide bonds. The summed E-state index contributed by atoms with van der Waals surface area (Å²) in [4.78, 5) is 12.3. The van der Waals surface area contributed by atoms with E-state index >= 15 is 35.1 Å². The minimum atomic E-state index is -8.64. The van der Waals surface area contributed by atoms with Gasteiger partial charge in [0.2, 0.25) is 23.3 Å². The van der Waals surface area contributed by atoms with Crippen molar-refractivity contribution in [2.45, 2.75) is 47.6 Å². The zero-order valence-electron chi connectivity index (χ0n) is 46.4. The second-order valence-electron chi connectivity index (χ2n) is 20.4. The number of H-pyrrole nitrogens is 2. The van der Waals surface area contributed by atoms with Gasteiger partial charge in [0, 0.05) is 55.6 Å². The van der Waals surface area contributed by atoms with Crippen LogP contribution in [-0.2, 0) is 5.92 Å². The number of hydrogen-bond donors (Lipinski definition) is 3. The number of rotatable bonds is 11. The number of nitrogen functional groups attached to an aromatic ring is 1. The smallest absolute Gasteiger partial charge is 0.399 e. The molecule has 0 atom stereocenters. The van der Waals surface area contributed by atoms with Crippen LogP contribution < -0.4 is 5.73 Å². The van der Waals surface area contributed by atoms with E-state index in [1.54, 1.807) is 0 Å². The van der Waals surface area contributed by atoms with Crippen molar-refractivity contribution in [3.05, 3.63) is 193 Å². The van der Waals surface area contributed by atoms with Gasteiger partial charge in [0.1, 0.15) is 0 Å². The number of alkyl halides is 17. The summed E-state index contributed by atoms with van der Waals surface area (Å²) in [6, 6.07) is 2.74. The van der Waals surface area contributed by atoms with Crippen LogP contribution in [0.1, 0.15) is 28.3 Å². The fourth-order valence-electron chi connectivity index (χ4n) is 9.59. The first-order valence-electron chi connectivity index (χ1n) is 25.6. The lowest BCUT2D eigenvalue weighted by atomic mass is 9.87. The molecule has 42 heteroatoms. The molecule has 10 rings (SSSR count). The molecule has 3 aromatic heterocycles. The number of benzene rings is 5. The van der Waals surface area contributed by atoms with E-state index in [1.165, 1.54) is 0 Å². The Morgan fingerprint density at radius 2 is 0.420 bits per heavy atom. The summed E-state index contributed by atoms with van der Waals surface area (Å²) in [6.45, 7) is 0. The van der Waals surface area contributed by atoms with Crippen molar-refractivity contribution in [2.24, 2.45) is 0 Å². The Balaban J connectivity index is 0.000000307. The van der Waals surface area contributed by atoms with E-state index < -0.39 is 265 Å². The molecule has 4 N–H and O–H groups in total. The molecule has 0 radical (unpaired) electrons. The average molecular weight is 1490 g/mol. The van der Waals surface area contributed by atoms with Gasteiger partial charge < -0.3 is 15.7 Å². The quantitative estimate of drug-likeness (QED) is 0.0522. The van der Waals surface area contributed by atoms with Gasteiger partial charge in [-0.05, 0) is 60.7 Å². The van der Waals surface area contributed by atoms with Crippen molar-refractivity contribution in [1.82, 2.24) is 19.9 Å². The van der Waals surface area contributed by atoms with Crippen LogP contribution in [0.25, 0.3) is 90.9 Å². The Labute approximate surface area is 524 Å². The fraction of sp³-hybridized carbons (Fsp3) is 0.138. The summed E-state index contributed by atoms with van der Waals surface area (Å²) in [6.07, 6.45) is -5.38. The predicted octanol–water partition coefficient (Wildman–Crippen LogP) is 20.8. The molecule has 0 spiro atoms. The average Bonchev–Trinajstić information content (AvgIpc) is 0.842. The molecular formula is C58H16F37N5. The third-order valence-corrected chi connectivity index (χ3v) is 14.6. The maximum absolute atomic E-state index is 15.8. The number of aromatic nitrogens is 4. The maximum Gasteiger partial charge on any atom is 0.460 e. The molecule has 0 saturated heterocycles. The zero-order valence-corrected chi connectivity index (χ0v) is 46.4. The van der Waals surface area contributed by atoms with Crippen molar-refractivity contribution in [3.8, 4) is 44.5 Å². The number of aromatic amines is 2. The first kappa shape index (κ1) is 74.1. The molecular weight excluding hydrogens is 1470 g/mol. The number of hydrogen-bond acceptors (Lipinski definition) is 3. The minimum Gasteiger partial charge on any atom is -0.399 e. The van der Waals surface area contributed by atoms with E-state index in [1.807, 2.05) is 0 Å². The molecule has 0 aliphatic carbocycles. The standard InChI is InChI=1S/C44H10F20N4.C14H6F17N/c45-25-21(26(46)34(54)41(61)33(25)53)17-9-1-2-10(65-9)18(22-27(47)35(55)42(62)36(56)28(22)48)12-5-6-14(67-12)20(24-31(51)39(59)44(64)40(60)32(24)52)16-8-7-15(68-16)19(13-4-3-11(17)66-13)23-29(49)37(57)43(63)38(58)30(23)50;15-7(16,5-1-3-6(32)4-2-5)8(17,18)9(19,20)10(21,22)11(23,24)12(25,26)13(27,28)14(29,30)31/h1-8,65,68H;1-4H,32H2. The van der Waals surface area contributed by atoms with E-state index in [4.69, 9.17) is 5.73 Å². The van der Waals surface area contributed by atoms with Crippen molar-refractivity contribution in [3.63, 3.8) is 0 Å². The normalized spacial score (nSPS) is 13.4. The van der Waals surface area contributed by atoms with Gasteiger partial charge in [-0.2, -0.15) is 74.6 Å². The van der Waals surface area contributed by atoms with E-state index in [9.17, 15) is 127 Å². The number of anilines is 1. The van der Waals surface area contributed by atoms with Gasteiger partial charge in [-0.25, -0.2) is 97.8 Å². The Morgan fingerprint density at radius 1 is 0.230 bits per heavy atom. The molecule has 5 aromatic carbocycles. The van der Waals surface area contributed by atoms with Crippen LogP contribution in [0.3, 0.4) is 0 Å². The summed E-state index contributed by atoms with van der Waals surface area (Å²) in [7, 11) is 0. The van der Waals surface area contributed by atoms with E-state index in [-0.39, 0.29) is 12.1 Å². The third-order valence-electron chi connectivity index (χ3n) is 14.6. The van der Waals surface area contributed by atoms with Crippen LogP contribution in [0.5, 0.6) is 0 Å². The lowest BCUT2D eigenvalue weighted by Crippen LogP contribution is -2.74. The molecule has 2 aliphatic rings. The molecule has 5 heterocycles. The summed E-state index contributed by atoms with van der Waals surface area (Å²) in [5.41, 5.74) is -18.3. The lowest BCUT2D eigenvalue weighted by molar-refractivity contribution is -0.462. The molecule has 8 bridgehead atoms. The fourth-order valence-corrected chi connectivity index (χ4v) is 9.59. The first-order valence-corrected chi connectivity index (χ1v) is 25.6. The molecule has 2 aliphatic heterocycles. The predicted molar refractivity (Wildman–Crippen MR) is 270 cm³/mol. The minimum absolute atomic E-state index is 0.192. The highest BCUT2D eigenvalue weighted by Crippen LogP contribution is 2.65. The maximum atomic E-state index is 15.8. The van der Waals surface area contributed by atoms with Gasteiger partial charge in [-0.3, -0.25) is 0 Å². The number of nitrogens with one attached hydrogen (secondary N) is 2. The molecule has 5 nitrogen and oxygen atoms in total. The van der Waals surface area contributed by atoms with Crippen LogP contribution in [0.15, 0.2) is 48.5 Å². The summed E-state index contributed by atoms with van der Waals surface area (Å²) in [5.74, 6) is -109. The van der Waals surface area contributed by atoms with Crippen LogP contribution in [0.2, 0.25) is 0 Å². The van der Waals surface area contributed by atoms with Crippen molar-refractivity contribution >= 4 is 52.1 Å². The Morgan fingerprint density at radius 3 is 0.630 bits per heavy atom. The van der Waals surface area contributed by atoms with Crippen LogP contribution in [0.4, 0.5) is 168 Å². The van der Waals surface area contributed by atoms with Crippen LogP contribution in [-0.4, -0.2) is 61.6 Å². The van der Waals surface area contributed by atoms with Crippen molar-refractivity contribution in [2.75, 3.05) is 5.73 Å². The van der Waals surface area contributed by atoms with Crippen LogP contribution >= 0.6 is 0 Å². The first-order chi connectivity index (χ1) is 45.8. The monoisotopic (exact) mass is 1490 g/mol. The molecule has 0 fully saturated rings. The Hall–Kier alpha value is -10.1. The summed E-state index contributed by atoms with van der Waals surface area (Å²) < 4.78 is 526. The van der Waals surface area contributed by atoms with Gasteiger partial charge >= 0.3 is 47.6 Å². The van der Waals surface area contributed by atoms with Gasteiger partial charge in [0.15, 0.2) is 93.1 Å². The van der Waals surface area contributed by atoms with Gasteiger partial charge in [-0.15, -0.1) is 0 Å². The SMILES string of the molecule is Fc1c(F)c(F)c(-c2c3nc(c(-c4c(F)c(F)c(F)c(F)c4F)c4ccc([nH]4)c(-c4c(F)c(F)c(F)c(F)c4F)c4nc(c(-c5c(F)c(F)c(F)c(F)c5F)c5ccc2[nH]5)C=C4)C=C3)c(F)c1F.Nc1ccc(C(F)(F)C(F)(F)C(F)(F)C(F)(F)C(F)(F)C(F)(F)C(F)(F)C(F)(F)F)cc1. The number of halogens is 37. The number of fused-ring (bicyclic) bond motifs is 8. The van der Waals surface area contributed by atoms with Gasteiger partial charge in [-0.1, -0.05) is 12.1 Å². The topological polar surface area (TPSA) is 83.4 Å². The van der Waals surface area contributed by atoms with Gasteiger partial charge in [0.25, 0.3) is 0 Å². The highest BCUT2D eigenvalue weighted by Gasteiger charge is 2.95. The summed E-state index contributed by atoms with van der Waals surface area (Å²) >= 11 is 0. The highest BCUT2D eigenvalue weighted by molar-refractivity contribution is 6.00. The van der Waals surface area contributed by atoms with Crippen molar-refractivity contribution in [1.29, 1.82) is 0 Å². The molecule has 532 valence electrons. The second kappa shape index (κ2) is 24.4. The number of nitrogens with zero attached hydrogens (tertiary/aromatic N) is 2. The molecule has 0 unspecified atom stereocenters. The molecule has 8 aromatic rings. The summed E-state index contributed by atoms with van der Waals surface area (Å²) in [5, 5.41) is 0. The van der Waals surface area contributed by atoms with Gasteiger partial charge in [0.05, 0.1) is 45.0 Å². The molecule has 0 saturated carbocycles. The van der Waals surface area contributed by atoms with E-state index in [0.717, 1.165) is 0 Å². The lowest BCUT2D eigenvalue weighted by Gasteiger charge is -2.42. The molecule has 100 heavy (non-hydrogen) atoms. The van der Waals surface area contributed by atoms with Crippen LogP contribution in [0, 0.1) is 116 Å².